The van der Waals surface area contributed by atoms with Gasteiger partial charge in [0.15, 0.2) is 0 Å². The fourth-order valence-electron chi connectivity index (χ4n) is 0.956. The molecule has 0 saturated heterocycles. The number of allylic oxidation sites excluding steroid dienone is 1. The second-order valence-electron chi connectivity index (χ2n) is 2.70. The smallest absolute Gasteiger partial charge is 0.146 e. The van der Waals surface area contributed by atoms with E-state index in [-0.39, 0.29) is 12.1 Å². The molecule has 0 heterocycles. The predicted octanol–water partition coefficient (Wildman–Crippen LogP) is 2.66. The minimum Gasteiger partial charge on any atom is -0.396 e. The standard InChI is InChI=1S/C10H9ClFNO/c11-8-6-10(13)9(12)5-7(8)3-1-2-4-14/h1,3-6H,2,13H2. The van der Waals surface area contributed by atoms with Crippen molar-refractivity contribution in [3.8, 4) is 0 Å². The summed E-state index contributed by atoms with van der Waals surface area (Å²) in [7, 11) is 0. The van der Waals surface area contributed by atoms with Crippen LogP contribution in [0, 0.1) is 5.82 Å². The largest absolute Gasteiger partial charge is 0.396 e. The van der Waals surface area contributed by atoms with E-state index in [0.717, 1.165) is 6.29 Å². The van der Waals surface area contributed by atoms with Crippen LogP contribution in [0.3, 0.4) is 0 Å². The average Bonchev–Trinajstić information content (AvgIpc) is 2.14. The van der Waals surface area contributed by atoms with Gasteiger partial charge in [0.1, 0.15) is 12.1 Å². The molecule has 2 N–H and O–H groups in total. The molecule has 1 aromatic carbocycles. The van der Waals surface area contributed by atoms with Gasteiger partial charge in [-0.3, -0.25) is 0 Å². The van der Waals surface area contributed by atoms with Gasteiger partial charge in [-0.2, -0.15) is 0 Å². The first-order valence-electron chi connectivity index (χ1n) is 4.00. The predicted molar refractivity (Wildman–Crippen MR) is 55.5 cm³/mol. The van der Waals surface area contributed by atoms with Crippen LogP contribution in [0.15, 0.2) is 18.2 Å². The Morgan fingerprint density at radius 2 is 2.21 bits per heavy atom. The van der Waals surface area contributed by atoms with Crippen LogP contribution in [-0.4, -0.2) is 6.29 Å². The summed E-state index contributed by atoms with van der Waals surface area (Å²) in [6, 6.07) is 2.58. The molecule has 0 saturated carbocycles. The lowest BCUT2D eigenvalue weighted by atomic mass is 10.1. The number of carbonyl (C=O) groups excluding carboxylic acids is 1. The summed E-state index contributed by atoms with van der Waals surface area (Å²) in [5, 5.41) is 0.367. The molecule has 2 nitrogen and oxygen atoms in total. The molecule has 0 amide bonds. The van der Waals surface area contributed by atoms with Crippen LogP contribution in [0.1, 0.15) is 12.0 Å². The number of halogens is 2. The first kappa shape index (κ1) is 10.7. The molecule has 74 valence electrons. The Bertz CT molecular complexity index is 377. The van der Waals surface area contributed by atoms with Crippen molar-refractivity contribution < 1.29 is 9.18 Å². The number of hydrogen-bond acceptors (Lipinski definition) is 2. The van der Waals surface area contributed by atoms with E-state index in [1.165, 1.54) is 12.1 Å². The van der Waals surface area contributed by atoms with Crippen LogP contribution in [0.4, 0.5) is 10.1 Å². The lowest BCUT2D eigenvalue weighted by Crippen LogP contribution is -1.91. The van der Waals surface area contributed by atoms with Gasteiger partial charge in [-0.25, -0.2) is 4.39 Å². The molecule has 0 spiro atoms. The third kappa shape index (κ3) is 2.57. The number of rotatable bonds is 3. The van der Waals surface area contributed by atoms with Crippen LogP contribution in [0.25, 0.3) is 6.08 Å². The fourth-order valence-corrected chi connectivity index (χ4v) is 1.19. The van der Waals surface area contributed by atoms with Crippen molar-refractivity contribution >= 4 is 29.7 Å². The van der Waals surface area contributed by atoms with E-state index in [1.807, 2.05) is 0 Å². The van der Waals surface area contributed by atoms with Crippen LogP contribution in [-0.2, 0) is 4.79 Å². The first-order valence-corrected chi connectivity index (χ1v) is 4.37. The Labute approximate surface area is 86.2 Å². The Morgan fingerprint density at radius 3 is 2.86 bits per heavy atom. The highest BCUT2D eigenvalue weighted by Crippen LogP contribution is 2.23. The van der Waals surface area contributed by atoms with Gasteiger partial charge in [0.05, 0.1) is 10.7 Å². The van der Waals surface area contributed by atoms with E-state index in [1.54, 1.807) is 12.2 Å². The highest BCUT2D eigenvalue weighted by molar-refractivity contribution is 6.32. The molecular formula is C10H9ClFNO. The van der Waals surface area contributed by atoms with Crippen molar-refractivity contribution in [3.63, 3.8) is 0 Å². The van der Waals surface area contributed by atoms with Crippen LogP contribution >= 0.6 is 11.6 Å². The van der Waals surface area contributed by atoms with Crippen molar-refractivity contribution in [1.82, 2.24) is 0 Å². The Morgan fingerprint density at radius 1 is 1.50 bits per heavy atom. The van der Waals surface area contributed by atoms with Crippen molar-refractivity contribution in [2.24, 2.45) is 0 Å². The second kappa shape index (κ2) is 4.77. The van der Waals surface area contributed by atoms with Crippen LogP contribution < -0.4 is 5.73 Å². The SMILES string of the molecule is Nc1cc(Cl)c(C=CCC=O)cc1F. The highest BCUT2D eigenvalue weighted by Gasteiger charge is 2.03. The minimum atomic E-state index is -0.514. The lowest BCUT2D eigenvalue weighted by molar-refractivity contribution is -0.107. The van der Waals surface area contributed by atoms with Crippen molar-refractivity contribution in [2.45, 2.75) is 6.42 Å². The molecule has 0 radical (unpaired) electrons. The highest BCUT2D eigenvalue weighted by atomic mass is 35.5. The van der Waals surface area contributed by atoms with E-state index in [9.17, 15) is 9.18 Å². The number of aldehydes is 1. The Balaban J connectivity index is 2.97. The second-order valence-corrected chi connectivity index (χ2v) is 3.11. The maximum Gasteiger partial charge on any atom is 0.146 e. The quantitative estimate of drug-likeness (QED) is 0.620. The summed E-state index contributed by atoms with van der Waals surface area (Å²) in [5.74, 6) is -0.514. The molecule has 14 heavy (non-hydrogen) atoms. The first-order chi connectivity index (χ1) is 6.65. The van der Waals surface area contributed by atoms with Crippen LogP contribution in [0.2, 0.25) is 5.02 Å². The van der Waals surface area contributed by atoms with Gasteiger partial charge in [0, 0.05) is 6.42 Å². The molecule has 0 aromatic heterocycles. The minimum absolute atomic E-state index is 0.0162. The summed E-state index contributed by atoms with van der Waals surface area (Å²) in [6.45, 7) is 0. The number of nitrogen functional groups attached to an aromatic ring is 1. The molecule has 1 rings (SSSR count). The van der Waals surface area contributed by atoms with Crippen molar-refractivity contribution in [2.75, 3.05) is 5.73 Å². The van der Waals surface area contributed by atoms with Gasteiger partial charge in [0.2, 0.25) is 0 Å². The summed E-state index contributed by atoms with van der Waals surface area (Å²) in [5.41, 5.74) is 5.83. The van der Waals surface area contributed by atoms with Gasteiger partial charge < -0.3 is 10.5 Å². The number of hydrogen-bond donors (Lipinski definition) is 1. The summed E-state index contributed by atoms with van der Waals surface area (Å²) in [4.78, 5) is 10.0. The summed E-state index contributed by atoms with van der Waals surface area (Å²) >= 11 is 5.79. The maximum atomic E-state index is 13.0. The molecule has 0 aliphatic heterocycles. The molecule has 0 aliphatic carbocycles. The number of anilines is 1. The topological polar surface area (TPSA) is 43.1 Å². The molecule has 0 aliphatic rings. The van der Waals surface area contributed by atoms with Crippen LogP contribution in [0.5, 0.6) is 0 Å². The zero-order valence-corrected chi connectivity index (χ0v) is 8.09. The lowest BCUT2D eigenvalue weighted by Gasteiger charge is -2.01. The Kier molecular flexibility index (Phi) is 3.65. The van der Waals surface area contributed by atoms with Gasteiger partial charge >= 0.3 is 0 Å². The molecule has 1 aromatic rings. The zero-order valence-electron chi connectivity index (χ0n) is 7.34. The Hall–Kier alpha value is -1.35. The fraction of sp³-hybridized carbons (Fsp3) is 0.100. The van der Waals surface area contributed by atoms with Gasteiger partial charge in [0.25, 0.3) is 0 Å². The maximum absolute atomic E-state index is 13.0. The zero-order chi connectivity index (χ0) is 10.6. The molecule has 4 heteroatoms. The monoisotopic (exact) mass is 213 g/mol. The average molecular weight is 214 g/mol. The molecule has 0 atom stereocenters. The van der Waals surface area contributed by atoms with E-state index < -0.39 is 5.82 Å². The molecular weight excluding hydrogens is 205 g/mol. The third-order valence-corrected chi connectivity index (χ3v) is 1.97. The molecule has 0 unspecified atom stereocenters. The van der Waals surface area contributed by atoms with E-state index >= 15 is 0 Å². The number of benzene rings is 1. The summed E-state index contributed by atoms with van der Waals surface area (Å²) < 4.78 is 13.0. The van der Waals surface area contributed by atoms with E-state index in [0.29, 0.717) is 10.6 Å². The normalized spacial score (nSPS) is 10.7. The van der Waals surface area contributed by atoms with Gasteiger partial charge in [-0.1, -0.05) is 23.8 Å². The van der Waals surface area contributed by atoms with Gasteiger partial charge in [-0.05, 0) is 17.7 Å². The van der Waals surface area contributed by atoms with Gasteiger partial charge in [-0.15, -0.1) is 0 Å². The third-order valence-electron chi connectivity index (χ3n) is 1.65. The molecule has 0 fully saturated rings. The summed E-state index contributed by atoms with van der Waals surface area (Å²) in [6.07, 6.45) is 4.21. The van der Waals surface area contributed by atoms with E-state index in [2.05, 4.69) is 0 Å². The number of nitrogens with two attached hydrogens (primary N) is 1. The van der Waals surface area contributed by atoms with Crippen molar-refractivity contribution in [1.29, 1.82) is 0 Å². The molecule has 0 bridgehead atoms. The van der Waals surface area contributed by atoms with E-state index in [4.69, 9.17) is 17.3 Å². The van der Waals surface area contributed by atoms with Crippen molar-refractivity contribution in [3.05, 3.63) is 34.6 Å². The number of carbonyl (C=O) groups is 1.